The molecule has 0 aliphatic heterocycles. The molecule has 0 saturated carbocycles. The Morgan fingerprint density at radius 3 is 2.28 bits per heavy atom. The molecule has 0 atom stereocenters. The van der Waals surface area contributed by atoms with Crippen molar-refractivity contribution in [2.45, 2.75) is 29.1 Å². The molecule has 10 heteroatoms. The highest BCUT2D eigenvalue weighted by Crippen LogP contribution is 2.30. The van der Waals surface area contributed by atoms with Crippen LogP contribution in [0, 0.1) is 0 Å². The van der Waals surface area contributed by atoms with Crippen molar-refractivity contribution in [1.82, 2.24) is 9.29 Å². The molecule has 0 bridgehead atoms. The number of carbonyl (C=O) groups excluding carboxylic acids is 1. The molecule has 0 saturated heterocycles. The van der Waals surface area contributed by atoms with Gasteiger partial charge in [-0.1, -0.05) is 48.5 Å². The summed E-state index contributed by atoms with van der Waals surface area (Å²) in [6.07, 6.45) is 4.70. The molecule has 0 amide bonds. The second-order valence-corrected chi connectivity index (χ2v) is 13.0. The molecule has 1 heterocycles. The molecule has 39 heavy (non-hydrogen) atoms. The molecule has 3 aromatic carbocycles. The monoisotopic (exact) mass is 563 g/mol. The smallest absolute Gasteiger partial charge is 0.262 e. The Morgan fingerprint density at radius 1 is 0.846 bits per heavy atom. The van der Waals surface area contributed by atoms with Gasteiger partial charge in [-0.05, 0) is 59.5 Å². The summed E-state index contributed by atoms with van der Waals surface area (Å²) in [4.78, 5) is 16.5. The average molecular weight is 564 g/mol. The predicted molar refractivity (Wildman–Crippen MR) is 151 cm³/mol. The van der Waals surface area contributed by atoms with Crippen LogP contribution in [-0.4, -0.2) is 46.0 Å². The lowest BCUT2D eigenvalue weighted by Crippen LogP contribution is -2.22. The van der Waals surface area contributed by atoms with Crippen LogP contribution in [0.1, 0.15) is 17.5 Å². The Labute approximate surface area is 229 Å². The lowest BCUT2D eigenvalue weighted by atomic mass is 10.0. The predicted octanol–water partition coefficient (Wildman–Crippen LogP) is 4.54. The summed E-state index contributed by atoms with van der Waals surface area (Å²) in [5, 5.41) is 0. The molecule has 1 aromatic heterocycles. The summed E-state index contributed by atoms with van der Waals surface area (Å²) >= 11 is 0. The van der Waals surface area contributed by atoms with Gasteiger partial charge in [0.05, 0.1) is 9.79 Å². The van der Waals surface area contributed by atoms with Gasteiger partial charge >= 0.3 is 0 Å². The minimum atomic E-state index is -4.01. The van der Waals surface area contributed by atoms with Crippen LogP contribution < -0.4 is 4.72 Å². The van der Waals surface area contributed by atoms with Crippen molar-refractivity contribution in [1.29, 1.82) is 0 Å². The zero-order chi connectivity index (χ0) is 28.0. The van der Waals surface area contributed by atoms with E-state index in [1.165, 1.54) is 32.3 Å². The number of carbonyl (C=O) groups is 1. The number of nitrogens with zero attached hydrogens (tertiary/aromatic N) is 2. The van der Waals surface area contributed by atoms with E-state index in [1.807, 2.05) is 12.1 Å². The Morgan fingerprint density at radius 2 is 1.59 bits per heavy atom. The first-order valence-corrected chi connectivity index (χ1v) is 15.1. The van der Waals surface area contributed by atoms with Crippen molar-refractivity contribution in [3.8, 4) is 11.1 Å². The van der Waals surface area contributed by atoms with Gasteiger partial charge in [-0.2, -0.15) is 0 Å². The maximum absolute atomic E-state index is 13.4. The number of rotatable bonds is 11. The third-order valence-corrected chi connectivity index (χ3v) is 9.37. The quantitative estimate of drug-likeness (QED) is 0.287. The highest BCUT2D eigenvalue weighted by molar-refractivity contribution is 7.92. The van der Waals surface area contributed by atoms with Crippen molar-refractivity contribution < 1.29 is 21.6 Å². The topological polar surface area (TPSA) is 114 Å². The molecule has 0 spiro atoms. The first kappa shape index (κ1) is 28.2. The number of Topliss-reactive ketones (excluding diaryl/α,β-unsaturated/α-hetero) is 1. The molecule has 0 aliphatic rings. The normalized spacial score (nSPS) is 11.9. The Hall–Kier alpha value is -3.86. The van der Waals surface area contributed by atoms with Crippen LogP contribution in [0.15, 0.2) is 107 Å². The van der Waals surface area contributed by atoms with E-state index in [2.05, 4.69) is 9.71 Å². The van der Waals surface area contributed by atoms with Gasteiger partial charge in [0.15, 0.2) is 0 Å². The number of benzene rings is 3. The molecule has 0 aliphatic carbocycles. The lowest BCUT2D eigenvalue weighted by Gasteiger charge is -2.15. The fourth-order valence-electron chi connectivity index (χ4n) is 4.02. The summed E-state index contributed by atoms with van der Waals surface area (Å²) in [5.41, 5.74) is 2.96. The van der Waals surface area contributed by atoms with E-state index >= 15 is 0 Å². The fourth-order valence-corrected chi connectivity index (χ4v) is 6.26. The van der Waals surface area contributed by atoms with Crippen molar-refractivity contribution in [2.75, 3.05) is 18.8 Å². The van der Waals surface area contributed by atoms with E-state index in [0.29, 0.717) is 29.7 Å². The second-order valence-electron chi connectivity index (χ2n) is 9.19. The van der Waals surface area contributed by atoms with Gasteiger partial charge in [0.2, 0.25) is 10.0 Å². The standard InChI is InChI=1S/C29H29N3O5S2/c1-32(2)39(36,37)27-9-5-8-24(20-27)28-10-3-4-11-29(28)38(34,35)31-25-15-12-22(13-16-25)19-26(33)17-14-23-7-6-18-30-21-23/h3-13,15-16,18,20-21,31H,14,17,19H2,1-2H3. The number of anilines is 1. The number of aromatic nitrogens is 1. The van der Waals surface area contributed by atoms with Crippen molar-refractivity contribution >= 4 is 31.5 Å². The zero-order valence-corrected chi connectivity index (χ0v) is 23.2. The van der Waals surface area contributed by atoms with Crippen LogP contribution >= 0.6 is 0 Å². The third-order valence-electron chi connectivity index (χ3n) is 6.12. The van der Waals surface area contributed by atoms with E-state index in [0.717, 1.165) is 15.4 Å². The summed E-state index contributed by atoms with van der Waals surface area (Å²) in [6, 6.07) is 23.1. The van der Waals surface area contributed by atoms with E-state index in [1.54, 1.807) is 67.0 Å². The molecule has 4 aromatic rings. The van der Waals surface area contributed by atoms with Gasteiger partial charge in [0.1, 0.15) is 5.78 Å². The van der Waals surface area contributed by atoms with E-state index in [-0.39, 0.29) is 22.0 Å². The fraction of sp³-hybridized carbons (Fsp3) is 0.172. The van der Waals surface area contributed by atoms with Crippen LogP contribution in [0.2, 0.25) is 0 Å². The molecule has 0 radical (unpaired) electrons. The minimum Gasteiger partial charge on any atom is -0.299 e. The van der Waals surface area contributed by atoms with Crippen molar-refractivity contribution in [3.05, 3.63) is 108 Å². The molecule has 0 fully saturated rings. The molecule has 4 rings (SSSR count). The van der Waals surface area contributed by atoms with Crippen LogP contribution in [0.4, 0.5) is 5.69 Å². The van der Waals surface area contributed by atoms with Gasteiger partial charge in [0, 0.05) is 50.6 Å². The summed E-state index contributed by atoms with van der Waals surface area (Å²) in [7, 11) is -4.83. The SMILES string of the molecule is CN(C)S(=O)(=O)c1cccc(-c2ccccc2S(=O)(=O)Nc2ccc(CC(=O)CCc3cccnc3)cc2)c1. The van der Waals surface area contributed by atoms with E-state index in [4.69, 9.17) is 0 Å². The summed E-state index contributed by atoms with van der Waals surface area (Å²) < 4.78 is 55.6. The number of sulfonamides is 2. The maximum atomic E-state index is 13.4. The Balaban J connectivity index is 1.49. The molecule has 1 N–H and O–H groups in total. The second kappa shape index (κ2) is 11.9. The number of nitrogens with one attached hydrogen (secondary N) is 1. The van der Waals surface area contributed by atoms with E-state index in [9.17, 15) is 21.6 Å². The number of ketones is 1. The third kappa shape index (κ3) is 6.97. The van der Waals surface area contributed by atoms with Crippen molar-refractivity contribution in [3.63, 3.8) is 0 Å². The van der Waals surface area contributed by atoms with Gasteiger partial charge in [-0.25, -0.2) is 21.1 Å². The largest absolute Gasteiger partial charge is 0.299 e. The van der Waals surface area contributed by atoms with Gasteiger partial charge in [-0.15, -0.1) is 0 Å². The summed E-state index contributed by atoms with van der Waals surface area (Å²) in [6.45, 7) is 0. The summed E-state index contributed by atoms with van der Waals surface area (Å²) in [5.74, 6) is 0.0830. The van der Waals surface area contributed by atoms with Crippen molar-refractivity contribution in [2.24, 2.45) is 0 Å². The van der Waals surface area contributed by atoms with Gasteiger partial charge in [-0.3, -0.25) is 14.5 Å². The van der Waals surface area contributed by atoms with Crippen LogP contribution in [0.3, 0.4) is 0 Å². The van der Waals surface area contributed by atoms with Crippen LogP contribution in [0.25, 0.3) is 11.1 Å². The zero-order valence-electron chi connectivity index (χ0n) is 21.6. The Bertz CT molecular complexity index is 1670. The number of hydrogen-bond donors (Lipinski definition) is 1. The first-order valence-electron chi connectivity index (χ1n) is 12.2. The lowest BCUT2D eigenvalue weighted by molar-refractivity contribution is -0.118. The molecule has 202 valence electrons. The van der Waals surface area contributed by atoms with E-state index < -0.39 is 20.0 Å². The maximum Gasteiger partial charge on any atom is 0.262 e. The first-order chi connectivity index (χ1) is 18.6. The van der Waals surface area contributed by atoms with Gasteiger partial charge < -0.3 is 0 Å². The Kier molecular flexibility index (Phi) is 8.59. The number of hydrogen-bond acceptors (Lipinski definition) is 6. The molecule has 0 unspecified atom stereocenters. The van der Waals surface area contributed by atoms with Crippen LogP contribution in [0.5, 0.6) is 0 Å². The highest BCUT2D eigenvalue weighted by Gasteiger charge is 2.22. The highest BCUT2D eigenvalue weighted by atomic mass is 32.2. The molecule has 8 nitrogen and oxygen atoms in total. The number of aryl methyl sites for hydroxylation is 1. The number of pyridine rings is 1. The molecular formula is C29H29N3O5S2. The minimum absolute atomic E-state index is 0.0130. The average Bonchev–Trinajstić information content (AvgIpc) is 2.93. The van der Waals surface area contributed by atoms with Crippen LogP contribution in [-0.2, 0) is 37.7 Å². The van der Waals surface area contributed by atoms with Gasteiger partial charge in [0.25, 0.3) is 10.0 Å². The molecular weight excluding hydrogens is 534 g/mol.